The summed E-state index contributed by atoms with van der Waals surface area (Å²) in [5.74, 6) is -0.130. The van der Waals surface area contributed by atoms with Crippen LogP contribution in [0.15, 0.2) is 12.7 Å². The number of amides is 1. The Hall–Kier alpha value is -0.830. The van der Waals surface area contributed by atoms with E-state index in [4.69, 9.17) is 5.73 Å². The van der Waals surface area contributed by atoms with E-state index >= 15 is 0 Å². The maximum absolute atomic E-state index is 10.8. The van der Waals surface area contributed by atoms with Crippen LogP contribution in [-0.4, -0.2) is 18.0 Å². The predicted molar refractivity (Wildman–Crippen MR) is 55.3 cm³/mol. The van der Waals surface area contributed by atoms with Gasteiger partial charge in [-0.3, -0.25) is 4.79 Å². The number of hydrogen-bond donors (Lipinski definition) is 2. The van der Waals surface area contributed by atoms with E-state index in [0.29, 0.717) is 6.54 Å². The Kier molecular flexibility index (Phi) is 5.39. The summed E-state index contributed by atoms with van der Waals surface area (Å²) in [4.78, 5) is 10.8. The molecule has 3 N–H and O–H groups in total. The first-order chi connectivity index (χ1) is 6.08. The fourth-order valence-corrected chi connectivity index (χ4v) is 1.11. The number of nitrogens with one attached hydrogen (secondary N) is 1. The van der Waals surface area contributed by atoms with Gasteiger partial charge in [0.1, 0.15) is 0 Å². The Morgan fingerprint density at radius 1 is 1.54 bits per heavy atom. The Bertz CT molecular complexity index is 174. The average Bonchev–Trinajstić information content (AvgIpc) is 2.17. The number of nitrogens with two attached hydrogens (primary N) is 1. The standard InChI is InChI=1S/C10H20N2O/c1-4-9(13)12-8-7-10(11,5-2)6-3/h4H,1,5-8,11H2,2-3H3,(H,12,13). The van der Waals surface area contributed by atoms with Crippen molar-refractivity contribution >= 4 is 5.91 Å². The van der Waals surface area contributed by atoms with Gasteiger partial charge < -0.3 is 11.1 Å². The molecule has 0 fully saturated rings. The largest absolute Gasteiger partial charge is 0.353 e. The summed E-state index contributed by atoms with van der Waals surface area (Å²) in [5.41, 5.74) is 5.92. The van der Waals surface area contributed by atoms with Crippen LogP contribution in [0, 0.1) is 0 Å². The van der Waals surface area contributed by atoms with Gasteiger partial charge >= 0.3 is 0 Å². The summed E-state index contributed by atoms with van der Waals surface area (Å²) in [6.45, 7) is 8.14. The van der Waals surface area contributed by atoms with Crippen LogP contribution >= 0.6 is 0 Å². The molecule has 0 rings (SSSR count). The first kappa shape index (κ1) is 12.2. The number of rotatable bonds is 6. The molecule has 3 nitrogen and oxygen atoms in total. The van der Waals surface area contributed by atoms with Crippen molar-refractivity contribution in [3.8, 4) is 0 Å². The van der Waals surface area contributed by atoms with Crippen molar-refractivity contribution in [2.75, 3.05) is 6.54 Å². The van der Waals surface area contributed by atoms with Gasteiger partial charge in [0.2, 0.25) is 5.91 Å². The van der Waals surface area contributed by atoms with E-state index in [1.165, 1.54) is 6.08 Å². The molecule has 0 aromatic heterocycles. The first-order valence-electron chi connectivity index (χ1n) is 4.77. The molecule has 0 heterocycles. The van der Waals surface area contributed by atoms with E-state index in [1.54, 1.807) is 0 Å². The fourth-order valence-electron chi connectivity index (χ4n) is 1.11. The topological polar surface area (TPSA) is 55.1 Å². The zero-order chi connectivity index (χ0) is 10.3. The molecule has 0 atom stereocenters. The number of hydrogen-bond acceptors (Lipinski definition) is 2. The predicted octanol–water partition coefficient (Wildman–Crippen LogP) is 1.20. The van der Waals surface area contributed by atoms with E-state index in [2.05, 4.69) is 25.7 Å². The van der Waals surface area contributed by atoms with Crippen molar-refractivity contribution in [2.24, 2.45) is 5.73 Å². The third kappa shape index (κ3) is 4.68. The normalized spacial score (nSPS) is 11.0. The van der Waals surface area contributed by atoms with Gasteiger partial charge in [-0.15, -0.1) is 0 Å². The molecule has 0 aliphatic rings. The van der Waals surface area contributed by atoms with Crippen LogP contribution in [0.3, 0.4) is 0 Å². The molecule has 0 saturated heterocycles. The number of carbonyl (C=O) groups excluding carboxylic acids is 1. The lowest BCUT2D eigenvalue weighted by molar-refractivity contribution is -0.116. The summed E-state index contributed by atoms with van der Waals surface area (Å²) in [5, 5.41) is 2.72. The highest BCUT2D eigenvalue weighted by atomic mass is 16.1. The Morgan fingerprint density at radius 2 is 2.08 bits per heavy atom. The van der Waals surface area contributed by atoms with Crippen LogP contribution in [0.25, 0.3) is 0 Å². The van der Waals surface area contributed by atoms with Crippen LogP contribution in [-0.2, 0) is 4.79 Å². The second kappa shape index (κ2) is 5.75. The van der Waals surface area contributed by atoms with Gasteiger partial charge in [0.25, 0.3) is 0 Å². The molecule has 0 aliphatic heterocycles. The lowest BCUT2D eigenvalue weighted by atomic mass is 9.90. The Labute approximate surface area is 80.4 Å². The van der Waals surface area contributed by atoms with Gasteiger partial charge in [0.15, 0.2) is 0 Å². The minimum atomic E-state index is -0.131. The van der Waals surface area contributed by atoms with Gasteiger partial charge in [0, 0.05) is 12.1 Å². The molecule has 0 aromatic rings. The maximum Gasteiger partial charge on any atom is 0.243 e. The van der Waals surface area contributed by atoms with Crippen LogP contribution < -0.4 is 11.1 Å². The zero-order valence-corrected chi connectivity index (χ0v) is 8.60. The van der Waals surface area contributed by atoms with Crippen LogP contribution in [0.1, 0.15) is 33.1 Å². The van der Waals surface area contributed by atoms with E-state index in [0.717, 1.165) is 19.3 Å². The second-order valence-electron chi connectivity index (χ2n) is 3.31. The van der Waals surface area contributed by atoms with Crippen LogP contribution in [0.4, 0.5) is 0 Å². The number of carbonyl (C=O) groups is 1. The van der Waals surface area contributed by atoms with Crippen molar-refractivity contribution in [1.29, 1.82) is 0 Å². The van der Waals surface area contributed by atoms with Gasteiger partial charge in [-0.1, -0.05) is 20.4 Å². The minimum Gasteiger partial charge on any atom is -0.353 e. The molecule has 3 heteroatoms. The monoisotopic (exact) mass is 184 g/mol. The minimum absolute atomic E-state index is 0.130. The highest BCUT2D eigenvalue weighted by Crippen LogP contribution is 2.14. The van der Waals surface area contributed by atoms with Crippen molar-refractivity contribution < 1.29 is 4.79 Å². The highest BCUT2D eigenvalue weighted by molar-refractivity contribution is 5.86. The molecule has 13 heavy (non-hydrogen) atoms. The Morgan fingerprint density at radius 3 is 2.46 bits per heavy atom. The lowest BCUT2D eigenvalue weighted by Crippen LogP contribution is -2.41. The van der Waals surface area contributed by atoms with E-state index < -0.39 is 0 Å². The molecule has 0 unspecified atom stereocenters. The molecule has 0 aliphatic carbocycles. The van der Waals surface area contributed by atoms with E-state index in [9.17, 15) is 4.79 Å². The molecular weight excluding hydrogens is 164 g/mol. The second-order valence-corrected chi connectivity index (χ2v) is 3.31. The molecule has 1 amide bonds. The van der Waals surface area contributed by atoms with Crippen molar-refractivity contribution in [1.82, 2.24) is 5.32 Å². The SMILES string of the molecule is C=CC(=O)NCCC(N)(CC)CC. The van der Waals surface area contributed by atoms with Gasteiger partial charge in [-0.05, 0) is 25.3 Å². The maximum atomic E-state index is 10.8. The Balaban J connectivity index is 3.73. The third-order valence-corrected chi connectivity index (χ3v) is 2.52. The van der Waals surface area contributed by atoms with Gasteiger partial charge in [-0.25, -0.2) is 0 Å². The smallest absolute Gasteiger partial charge is 0.243 e. The van der Waals surface area contributed by atoms with Crippen molar-refractivity contribution in [3.63, 3.8) is 0 Å². The summed E-state index contributed by atoms with van der Waals surface area (Å²) in [6.07, 6.45) is 3.97. The summed E-state index contributed by atoms with van der Waals surface area (Å²) >= 11 is 0. The molecule has 76 valence electrons. The van der Waals surface area contributed by atoms with E-state index in [1.807, 2.05) is 0 Å². The average molecular weight is 184 g/mol. The first-order valence-corrected chi connectivity index (χ1v) is 4.77. The molecule has 0 bridgehead atoms. The van der Waals surface area contributed by atoms with Crippen molar-refractivity contribution in [3.05, 3.63) is 12.7 Å². The fraction of sp³-hybridized carbons (Fsp3) is 0.700. The molecule has 0 aromatic carbocycles. The lowest BCUT2D eigenvalue weighted by Gasteiger charge is -2.26. The quantitative estimate of drug-likeness (QED) is 0.609. The van der Waals surface area contributed by atoms with Crippen LogP contribution in [0.5, 0.6) is 0 Å². The summed E-state index contributed by atoms with van der Waals surface area (Å²) < 4.78 is 0. The molecular formula is C10H20N2O. The third-order valence-electron chi connectivity index (χ3n) is 2.52. The van der Waals surface area contributed by atoms with Gasteiger partial charge in [0.05, 0.1) is 0 Å². The molecule has 0 saturated carbocycles. The molecule has 0 radical (unpaired) electrons. The van der Waals surface area contributed by atoms with Crippen molar-refractivity contribution in [2.45, 2.75) is 38.6 Å². The van der Waals surface area contributed by atoms with Crippen LogP contribution in [0.2, 0.25) is 0 Å². The summed E-state index contributed by atoms with van der Waals surface area (Å²) in [7, 11) is 0. The zero-order valence-electron chi connectivity index (χ0n) is 8.60. The molecule has 0 spiro atoms. The van der Waals surface area contributed by atoms with Gasteiger partial charge in [-0.2, -0.15) is 0 Å². The highest BCUT2D eigenvalue weighted by Gasteiger charge is 2.19. The van der Waals surface area contributed by atoms with E-state index in [-0.39, 0.29) is 11.4 Å². The summed E-state index contributed by atoms with van der Waals surface area (Å²) in [6, 6.07) is 0.